The Kier molecular flexibility index (Phi) is 7.43. The first-order valence-electron chi connectivity index (χ1n) is 13.9. The minimum atomic E-state index is -0.824. The highest BCUT2D eigenvalue weighted by molar-refractivity contribution is 6.04. The number of morpholine rings is 1. The molecule has 3 aliphatic rings. The van der Waals surface area contributed by atoms with Crippen molar-refractivity contribution >= 4 is 17.8 Å². The minimum absolute atomic E-state index is 0.148. The van der Waals surface area contributed by atoms with E-state index in [9.17, 15) is 14.4 Å². The van der Waals surface area contributed by atoms with Gasteiger partial charge in [0.15, 0.2) is 0 Å². The van der Waals surface area contributed by atoms with E-state index in [0.717, 1.165) is 11.1 Å². The highest BCUT2D eigenvalue weighted by Crippen LogP contribution is 2.41. The fourth-order valence-electron chi connectivity index (χ4n) is 5.74. The lowest BCUT2D eigenvalue weighted by Gasteiger charge is -2.35. The highest BCUT2D eigenvalue weighted by Gasteiger charge is 2.48. The van der Waals surface area contributed by atoms with Gasteiger partial charge < -0.3 is 24.6 Å². The van der Waals surface area contributed by atoms with E-state index >= 15 is 0 Å². The van der Waals surface area contributed by atoms with Crippen molar-refractivity contribution in [3.05, 3.63) is 107 Å². The van der Waals surface area contributed by atoms with Crippen LogP contribution in [0.2, 0.25) is 0 Å². The first-order valence-corrected chi connectivity index (χ1v) is 13.9. The molecule has 6 rings (SSSR count). The van der Waals surface area contributed by atoms with Gasteiger partial charge in [-0.3, -0.25) is 14.5 Å². The number of carbonyl (C=O) groups is 3. The van der Waals surface area contributed by atoms with Crippen molar-refractivity contribution in [3.63, 3.8) is 0 Å². The number of amides is 4. The van der Waals surface area contributed by atoms with Crippen LogP contribution in [0.15, 0.2) is 96.2 Å². The summed E-state index contributed by atoms with van der Waals surface area (Å²) in [6.07, 6.45) is 0. The van der Waals surface area contributed by atoms with Crippen LogP contribution in [0.3, 0.4) is 0 Å². The second kappa shape index (κ2) is 11.5. The topological polar surface area (TPSA) is 91.4 Å². The highest BCUT2D eigenvalue weighted by atomic mass is 16.5. The summed E-state index contributed by atoms with van der Waals surface area (Å²) in [6, 6.07) is 24.4. The lowest BCUT2D eigenvalue weighted by Crippen LogP contribution is -2.48. The molecule has 0 aliphatic carbocycles. The molecule has 1 N–H and O–H groups in total. The molecule has 0 spiro atoms. The number of hydrogen-bond acceptors (Lipinski definition) is 5. The molecule has 0 aromatic heterocycles. The molecule has 9 heteroatoms. The standard InChI is InChI=1S/C32H32N4O5/c1-2-35-26-21-36(29(22-10-5-3-6-11-22)31(38)34-16-18-40-19-17-34)30(37)27(26)28(33-32(35)39)23-12-9-15-25(20-23)41-24-13-7-4-8-14-24/h3-15,20,28-29H,2,16-19,21H2,1H3,(H,33,39)/t28-,29+/m0/s1. The van der Waals surface area contributed by atoms with Crippen LogP contribution < -0.4 is 10.1 Å². The summed E-state index contributed by atoms with van der Waals surface area (Å²) in [5, 5.41) is 3.03. The van der Waals surface area contributed by atoms with E-state index in [0.29, 0.717) is 55.6 Å². The molecule has 2 atom stereocenters. The molecule has 4 amide bonds. The maximum absolute atomic E-state index is 14.3. The molecule has 0 radical (unpaired) electrons. The average Bonchev–Trinajstić information content (AvgIpc) is 3.34. The van der Waals surface area contributed by atoms with Crippen molar-refractivity contribution < 1.29 is 23.9 Å². The van der Waals surface area contributed by atoms with E-state index in [1.54, 1.807) is 14.7 Å². The van der Waals surface area contributed by atoms with Crippen LogP contribution in [0.25, 0.3) is 0 Å². The number of rotatable bonds is 7. The Bertz CT molecular complexity index is 1470. The van der Waals surface area contributed by atoms with Crippen LogP contribution in [0, 0.1) is 0 Å². The number of carbonyl (C=O) groups excluding carboxylic acids is 3. The zero-order valence-electron chi connectivity index (χ0n) is 22.9. The molecule has 210 valence electrons. The van der Waals surface area contributed by atoms with E-state index in [-0.39, 0.29) is 24.4 Å². The number of nitrogens with zero attached hydrogens (tertiary/aromatic N) is 3. The maximum atomic E-state index is 14.3. The summed E-state index contributed by atoms with van der Waals surface area (Å²) in [5.41, 5.74) is 2.55. The van der Waals surface area contributed by atoms with Crippen LogP contribution in [0.4, 0.5) is 4.79 Å². The Morgan fingerprint density at radius 3 is 2.34 bits per heavy atom. The van der Waals surface area contributed by atoms with Gasteiger partial charge in [-0.15, -0.1) is 0 Å². The molecular formula is C32H32N4O5. The number of urea groups is 1. The van der Waals surface area contributed by atoms with E-state index in [1.165, 1.54) is 0 Å². The summed E-state index contributed by atoms with van der Waals surface area (Å²) in [7, 11) is 0. The Hall–Kier alpha value is -4.63. The van der Waals surface area contributed by atoms with Gasteiger partial charge in [0, 0.05) is 19.6 Å². The second-order valence-electron chi connectivity index (χ2n) is 10.2. The maximum Gasteiger partial charge on any atom is 0.322 e. The van der Waals surface area contributed by atoms with Crippen LogP contribution in [-0.4, -0.2) is 71.9 Å². The van der Waals surface area contributed by atoms with Gasteiger partial charge in [0.05, 0.1) is 37.1 Å². The van der Waals surface area contributed by atoms with Gasteiger partial charge >= 0.3 is 6.03 Å². The van der Waals surface area contributed by atoms with Crippen LogP contribution >= 0.6 is 0 Å². The Balaban J connectivity index is 1.36. The van der Waals surface area contributed by atoms with E-state index < -0.39 is 12.1 Å². The van der Waals surface area contributed by atoms with Gasteiger partial charge in [-0.25, -0.2) is 4.79 Å². The van der Waals surface area contributed by atoms with Crippen LogP contribution in [0.5, 0.6) is 11.5 Å². The molecule has 3 aromatic carbocycles. The van der Waals surface area contributed by atoms with Crippen molar-refractivity contribution in [1.29, 1.82) is 0 Å². The molecule has 3 aliphatic heterocycles. The fraction of sp³-hybridized carbons (Fsp3) is 0.281. The number of hydrogen-bond donors (Lipinski definition) is 1. The van der Waals surface area contributed by atoms with Gasteiger partial charge in [-0.05, 0) is 42.3 Å². The minimum Gasteiger partial charge on any atom is -0.457 e. The molecular weight excluding hydrogens is 520 g/mol. The van der Waals surface area contributed by atoms with Gasteiger partial charge in [0.1, 0.15) is 17.5 Å². The molecule has 3 heterocycles. The zero-order chi connectivity index (χ0) is 28.3. The fourth-order valence-corrected chi connectivity index (χ4v) is 5.74. The predicted molar refractivity (Wildman–Crippen MR) is 152 cm³/mol. The molecule has 1 saturated heterocycles. The normalized spacial score (nSPS) is 19.6. The van der Waals surface area contributed by atoms with Crippen LogP contribution in [-0.2, 0) is 14.3 Å². The summed E-state index contributed by atoms with van der Waals surface area (Å²) < 4.78 is 11.5. The van der Waals surface area contributed by atoms with E-state index in [4.69, 9.17) is 9.47 Å². The number of ether oxygens (including phenoxy) is 2. The lowest BCUT2D eigenvalue weighted by atomic mass is 9.95. The van der Waals surface area contributed by atoms with E-state index in [2.05, 4.69) is 5.32 Å². The lowest BCUT2D eigenvalue weighted by molar-refractivity contribution is -0.146. The average molecular weight is 553 g/mol. The Morgan fingerprint density at radius 1 is 0.951 bits per heavy atom. The Morgan fingerprint density at radius 2 is 1.63 bits per heavy atom. The third kappa shape index (κ3) is 5.16. The number of para-hydroxylation sites is 1. The largest absolute Gasteiger partial charge is 0.457 e. The summed E-state index contributed by atoms with van der Waals surface area (Å²) >= 11 is 0. The van der Waals surface area contributed by atoms with Crippen molar-refractivity contribution in [1.82, 2.24) is 20.0 Å². The molecule has 1 fully saturated rings. The van der Waals surface area contributed by atoms with Crippen molar-refractivity contribution in [2.75, 3.05) is 39.4 Å². The van der Waals surface area contributed by atoms with Gasteiger partial charge in [-0.2, -0.15) is 0 Å². The molecule has 0 saturated carbocycles. The first kappa shape index (κ1) is 26.6. The third-order valence-electron chi connectivity index (χ3n) is 7.72. The third-order valence-corrected chi connectivity index (χ3v) is 7.72. The number of benzene rings is 3. The summed E-state index contributed by atoms with van der Waals surface area (Å²) in [4.78, 5) is 46.6. The van der Waals surface area contributed by atoms with Crippen LogP contribution in [0.1, 0.15) is 30.1 Å². The van der Waals surface area contributed by atoms with Crippen molar-refractivity contribution in [2.45, 2.75) is 19.0 Å². The van der Waals surface area contributed by atoms with Gasteiger partial charge in [0.25, 0.3) is 5.91 Å². The molecule has 41 heavy (non-hydrogen) atoms. The zero-order valence-corrected chi connectivity index (χ0v) is 22.9. The predicted octanol–water partition coefficient (Wildman–Crippen LogP) is 4.26. The number of likely N-dealkylation sites (N-methyl/N-ethyl adjacent to an activating group) is 1. The SMILES string of the molecule is CCN1C(=O)N[C@@H](c2cccc(Oc3ccccc3)c2)C2=C1CN([C@@H](C(=O)N1CCOCC1)c1ccccc1)C2=O. The quantitative estimate of drug-likeness (QED) is 0.473. The van der Waals surface area contributed by atoms with Crippen molar-refractivity contribution in [3.8, 4) is 11.5 Å². The Labute approximate surface area is 238 Å². The second-order valence-corrected chi connectivity index (χ2v) is 10.2. The molecule has 3 aromatic rings. The number of nitrogens with one attached hydrogen (secondary N) is 1. The van der Waals surface area contributed by atoms with E-state index in [1.807, 2.05) is 91.9 Å². The van der Waals surface area contributed by atoms with Gasteiger partial charge in [-0.1, -0.05) is 60.7 Å². The smallest absolute Gasteiger partial charge is 0.322 e. The summed E-state index contributed by atoms with van der Waals surface area (Å²) in [6.45, 7) is 4.28. The molecule has 0 unspecified atom stereocenters. The first-order chi connectivity index (χ1) is 20.0. The van der Waals surface area contributed by atoms with Gasteiger partial charge in [0.2, 0.25) is 5.91 Å². The van der Waals surface area contributed by atoms with Crippen molar-refractivity contribution in [2.24, 2.45) is 0 Å². The molecule has 0 bridgehead atoms. The summed E-state index contributed by atoms with van der Waals surface area (Å²) in [5.74, 6) is 0.859. The monoisotopic (exact) mass is 552 g/mol. The molecule has 9 nitrogen and oxygen atoms in total.